The van der Waals surface area contributed by atoms with Gasteiger partial charge in [0, 0.05) is 38.9 Å². The van der Waals surface area contributed by atoms with Crippen molar-refractivity contribution in [3.8, 4) is 11.5 Å². The van der Waals surface area contributed by atoms with Crippen molar-refractivity contribution < 1.29 is 19.3 Å². The van der Waals surface area contributed by atoms with Gasteiger partial charge in [0.2, 0.25) is 0 Å². The summed E-state index contributed by atoms with van der Waals surface area (Å²) in [6.07, 6.45) is 5.28. The Balaban J connectivity index is 2.00. The number of nitrogens with one attached hydrogen (secondary N) is 2. The molecular formula is C23H39N3O4. The van der Waals surface area contributed by atoms with Crippen molar-refractivity contribution in [3.63, 3.8) is 0 Å². The SMILES string of the molecule is CCNC(=NCC1(CCOCC)CCCC1)NCC(O)c1cc(OC)cc(OC)c1. The summed E-state index contributed by atoms with van der Waals surface area (Å²) in [4.78, 5) is 4.86. The van der Waals surface area contributed by atoms with Crippen molar-refractivity contribution in [1.29, 1.82) is 0 Å². The number of aliphatic hydroxyl groups is 1. The highest BCUT2D eigenvalue weighted by Crippen LogP contribution is 2.41. The lowest BCUT2D eigenvalue weighted by Gasteiger charge is -2.27. The number of methoxy groups -OCH3 is 2. The molecule has 2 rings (SSSR count). The number of hydrogen-bond donors (Lipinski definition) is 3. The van der Waals surface area contributed by atoms with Gasteiger partial charge in [0.1, 0.15) is 11.5 Å². The van der Waals surface area contributed by atoms with E-state index in [1.807, 2.05) is 26.0 Å². The molecule has 0 saturated heterocycles. The van der Waals surface area contributed by atoms with Crippen LogP contribution < -0.4 is 20.1 Å². The van der Waals surface area contributed by atoms with Crippen LogP contribution in [0.15, 0.2) is 23.2 Å². The van der Waals surface area contributed by atoms with Crippen LogP contribution in [0.3, 0.4) is 0 Å². The molecular weight excluding hydrogens is 382 g/mol. The van der Waals surface area contributed by atoms with E-state index in [0.29, 0.717) is 18.0 Å². The zero-order chi connectivity index (χ0) is 21.8. The Morgan fingerprint density at radius 1 is 1.10 bits per heavy atom. The van der Waals surface area contributed by atoms with Crippen LogP contribution in [0.4, 0.5) is 0 Å². The molecule has 30 heavy (non-hydrogen) atoms. The summed E-state index contributed by atoms with van der Waals surface area (Å²) in [5, 5.41) is 17.2. The molecule has 1 saturated carbocycles. The van der Waals surface area contributed by atoms with Gasteiger partial charge in [-0.05, 0) is 56.2 Å². The van der Waals surface area contributed by atoms with Gasteiger partial charge in [-0.15, -0.1) is 0 Å². The first-order valence-corrected chi connectivity index (χ1v) is 11.1. The normalized spacial score (nSPS) is 16.9. The van der Waals surface area contributed by atoms with Crippen LogP contribution >= 0.6 is 0 Å². The monoisotopic (exact) mass is 421 g/mol. The first kappa shape index (κ1) is 24.3. The van der Waals surface area contributed by atoms with E-state index in [9.17, 15) is 5.11 Å². The number of rotatable bonds is 12. The molecule has 1 aromatic carbocycles. The number of nitrogens with zero attached hydrogens (tertiary/aromatic N) is 1. The van der Waals surface area contributed by atoms with E-state index < -0.39 is 6.10 Å². The summed E-state index contributed by atoms with van der Waals surface area (Å²) < 4.78 is 16.2. The number of hydrogen-bond acceptors (Lipinski definition) is 5. The molecule has 1 aromatic rings. The van der Waals surface area contributed by atoms with Gasteiger partial charge in [0.15, 0.2) is 5.96 Å². The van der Waals surface area contributed by atoms with Gasteiger partial charge in [-0.25, -0.2) is 0 Å². The molecule has 170 valence electrons. The van der Waals surface area contributed by atoms with Crippen LogP contribution in [0.5, 0.6) is 11.5 Å². The van der Waals surface area contributed by atoms with Gasteiger partial charge in [-0.3, -0.25) is 4.99 Å². The second kappa shape index (κ2) is 12.6. The summed E-state index contributed by atoms with van der Waals surface area (Å²) in [6.45, 7) is 7.52. The summed E-state index contributed by atoms with van der Waals surface area (Å²) in [5.74, 6) is 2.04. The highest BCUT2D eigenvalue weighted by atomic mass is 16.5. The van der Waals surface area contributed by atoms with Gasteiger partial charge >= 0.3 is 0 Å². The summed E-state index contributed by atoms with van der Waals surface area (Å²) >= 11 is 0. The highest BCUT2D eigenvalue weighted by Gasteiger charge is 2.33. The third kappa shape index (κ3) is 7.36. The number of guanidine groups is 1. The van der Waals surface area contributed by atoms with Crippen molar-refractivity contribution >= 4 is 5.96 Å². The molecule has 0 heterocycles. The molecule has 0 aromatic heterocycles. The fraction of sp³-hybridized carbons (Fsp3) is 0.696. The summed E-state index contributed by atoms with van der Waals surface area (Å²) in [5.41, 5.74) is 0.967. The lowest BCUT2D eigenvalue weighted by molar-refractivity contribution is 0.107. The van der Waals surface area contributed by atoms with E-state index in [1.54, 1.807) is 20.3 Å². The van der Waals surface area contributed by atoms with E-state index >= 15 is 0 Å². The number of aliphatic hydroxyl groups excluding tert-OH is 1. The van der Waals surface area contributed by atoms with Gasteiger partial charge in [-0.1, -0.05) is 12.8 Å². The Morgan fingerprint density at radius 2 is 1.77 bits per heavy atom. The van der Waals surface area contributed by atoms with Gasteiger partial charge in [-0.2, -0.15) is 0 Å². The number of aliphatic imine (C=N–C) groups is 1. The fourth-order valence-electron chi connectivity index (χ4n) is 3.97. The topological polar surface area (TPSA) is 84.3 Å². The van der Waals surface area contributed by atoms with Gasteiger partial charge < -0.3 is 30.0 Å². The molecule has 0 aliphatic heterocycles. The third-order valence-corrected chi connectivity index (χ3v) is 5.78. The predicted octanol–water partition coefficient (Wildman–Crippen LogP) is 3.28. The van der Waals surface area contributed by atoms with E-state index in [0.717, 1.165) is 44.2 Å². The van der Waals surface area contributed by atoms with Crippen LogP contribution in [0.1, 0.15) is 57.6 Å². The maximum atomic E-state index is 10.7. The molecule has 1 aliphatic rings. The van der Waals surface area contributed by atoms with Crippen LogP contribution in [-0.4, -0.2) is 58.1 Å². The summed E-state index contributed by atoms with van der Waals surface area (Å²) in [6, 6.07) is 5.43. The fourth-order valence-corrected chi connectivity index (χ4v) is 3.97. The molecule has 0 radical (unpaired) electrons. The largest absolute Gasteiger partial charge is 0.497 e. The zero-order valence-electron chi connectivity index (χ0n) is 19.0. The van der Waals surface area contributed by atoms with Crippen LogP contribution in [0.25, 0.3) is 0 Å². The molecule has 0 amide bonds. The van der Waals surface area contributed by atoms with Crippen molar-refractivity contribution in [2.45, 2.75) is 52.1 Å². The molecule has 1 aliphatic carbocycles. The van der Waals surface area contributed by atoms with E-state index in [4.69, 9.17) is 19.2 Å². The highest BCUT2D eigenvalue weighted by molar-refractivity contribution is 5.79. The average molecular weight is 422 g/mol. The van der Waals surface area contributed by atoms with Crippen LogP contribution in [0.2, 0.25) is 0 Å². The molecule has 1 fully saturated rings. The van der Waals surface area contributed by atoms with Crippen LogP contribution in [-0.2, 0) is 4.74 Å². The lowest BCUT2D eigenvalue weighted by atomic mass is 9.83. The standard InChI is InChI=1S/C23H39N3O4/c1-5-24-22(26-17-23(9-7-8-10-23)11-12-30-6-2)25-16-21(27)18-13-19(28-3)15-20(14-18)29-4/h13-15,21,27H,5-12,16-17H2,1-4H3,(H2,24,25,26). The minimum absolute atomic E-state index is 0.232. The Morgan fingerprint density at radius 3 is 2.33 bits per heavy atom. The molecule has 7 nitrogen and oxygen atoms in total. The minimum atomic E-state index is -0.712. The van der Waals surface area contributed by atoms with Gasteiger partial charge in [0.05, 0.1) is 20.3 Å². The Kier molecular flexibility index (Phi) is 10.2. The Bertz CT molecular complexity index is 638. The van der Waals surface area contributed by atoms with Gasteiger partial charge in [0.25, 0.3) is 0 Å². The Labute approximate surface area is 181 Å². The molecule has 3 N–H and O–H groups in total. The van der Waals surface area contributed by atoms with Crippen molar-refractivity contribution in [1.82, 2.24) is 10.6 Å². The zero-order valence-corrected chi connectivity index (χ0v) is 19.0. The molecule has 1 atom stereocenters. The predicted molar refractivity (Wildman–Crippen MR) is 120 cm³/mol. The molecule has 0 bridgehead atoms. The third-order valence-electron chi connectivity index (χ3n) is 5.78. The summed E-state index contributed by atoms with van der Waals surface area (Å²) in [7, 11) is 3.20. The molecule has 7 heteroatoms. The average Bonchev–Trinajstić information content (AvgIpc) is 3.24. The van der Waals surface area contributed by atoms with Crippen LogP contribution in [0, 0.1) is 5.41 Å². The van der Waals surface area contributed by atoms with Crippen molar-refractivity contribution in [2.24, 2.45) is 10.4 Å². The quantitative estimate of drug-likeness (QED) is 0.273. The van der Waals surface area contributed by atoms with E-state index in [-0.39, 0.29) is 5.41 Å². The lowest BCUT2D eigenvalue weighted by Crippen LogP contribution is -2.40. The minimum Gasteiger partial charge on any atom is -0.497 e. The smallest absolute Gasteiger partial charge is 0.191 e. The number of benzene rings is 1. The molecule has 0 spiro atoms. The van der Waals surface area contributed by atoms with E-state index in [1.165, 1.54) is 25.7 Å². The first-order chi connectivity index (χ1) is 14.6. The van der Waals surface area contributed by atoms with Crippen molar-refractivity contribution in [3.05, 3.63) is 23.8 Å². The second-order valence-electron chi connectivity index (χ2n) is 7.89. The second-order valence-corrected chi connectivity index (χ2v) is 7.89. The maximum Gasteiger partial charge on any atom is 0.191 e. The van der Waals surface area contributed by atoms with Crippen molar-refractivity contribution in [2.75, 3.05) is 47.1 Å². The maximum absolute atomic E-state index is 10.7. The number of ether oxygens (including phenoxy) is 3. The molecule has 1 unspecified atom stereocenters. The Hall–Kier alpha value is -1.99. The van der Waals surface area contributed by atoms with E-state index in [2.05, 4.69) is 10.6 Å². The first-order valence-electron chi connectivity index (χ1n) is 11.1.